The van der Waals surface area contributed by atoms with Gasteiger partial charge in [-0.1, -0.05) is 6.07 Å². The quantitative estimate of drug-likeness (QED) is 0.703. The van der Waals surface area contributed by atoms with Crippen molar-refractivity contribution in [2.75, 3.05) is 20.2 Å². The van der Waals surface area contributed by atoms with Crippen molar-refractivity contribution in [2.24, 2.45) is 0 Å². The fourth-order valence-electron chi connectivity index (χ4n) is 3.64. The highest BCUT2D eigenvalue weighted by Crippen LogP contribution is 2.21. The number of sulfone groups is 1. The number of benzene rings is 2. The van der Waals surface area contributed by atoms with Gasteiger partial charge in [-0.15, -0.1) is 0 Å². The van der Waals surface area contributed by atoms with E-state index in [1.807, 2.05) is 6.07 Å². The van der Waals surface area contributed by atoms with Crippen molar-refractivity contribution in [1.82, 2.24) is 10.2 Å². The summed E-state index contributed by atoms with van der Waals surface area (Å²) >= 11 is 0. The molecule has 0 aromatic heterocycles. The standard InChI is InChI=1S/C23H29FN2O4S/c1-16(2)31(28,29)20-7-5-18(6-8-20)23(27)25-19-10-12-26(13-11-19)15-17-4-9-22(30-3)21(24)14-17/h4-9,14,16,19H,10-13,15H2,1-3H3,(H,25,27). The molecule has 31 heavy (non-hydrogen) atoms. The molecular weight excluding hydrogens is 419 g/mol. The number of carbonyl (C=O) groups is 1. The number of halogens is 1. The first-order valence-electron chi connectivity index (χ1n) is 10.4. The van der Waals surface area contributed by atoms with E-state index in [2.05, 4.69) is 10.2 Å². The number of nitrogens with zero attached hydrogens (tertiary/aromatic N) is 1. The van der Waals surface area contributed by atoms with E-state index >= 15 is 0 Å². The zero-order valence-corrected chi connectivity index (χ0v) is 18.9. The third kappa shape index (κ3) is 5.62. The maximum absolute atomic E-state index is 13.9. The number of nitrogens with one attached hydrogen (secondary N) is 1. The Bertz CT molecular complexity index is 1010. The summed E-state index contributed by atoms with van der Waals surface area (Å²) in [5, 5.41) is 2.53. The molecule has 1 saturated heterocycles. The highest BCUT2D eigenvalue weighted by Gasteiger charge is 2.23. The lowest BCUT2D eigenvalue weighted by Crippen LogP contribution is -2.44. The minimum Gasteiger partial charge on any atom is -0.494 e. The molecular formula is C23H29FN2O4S. The van der Waals surface area contributed by atoms with Crippen LogP contribution in [0.25, 0.3) is 0 Å². The van der Waals surface area contributed by atoms with Crippen LogP contribution in [0.3, 0.4) is 0 Å². The monoisotopic (exact) mass is 448 g/mol. The van der Waals surface area contributed by atoms with Gasteiger partial charge in [0.05, 0.1) is 17.3 Å². The van der Waals surface area contributed by atoms with Crippen molar-refractivity contribution in [3.63, 3.8) is 0 Å². The number of hydrogen-bond donors (Lipinski definition) is 1. The first-order valence-corrected chi connectivity index (χ1v) is 11.9. The second-order valence-corrected chi connectivity index (χ2v) is 10.6. The number of methoxy groups -OCH3 is 1. The highest BCUT2D eigenvalue weighted by atomic mass is 32.2. The maximum Gasteiger partial charge on any atom is 0.251 e. The molecule has 6 nitrogen and oxygen atoms in total. The summed E-state index contributed by atoms with van der Waals surface area (Å²) < 4.78 is 43.2. The summed E-state index contributed by atoms with van der Waals surface area (Å²) in [6.45, 7) is 5.50. The zero-order valence-electron chi connectivity index (χ0n) is 18.1. The largest absolute Gasteiger partial charge is 0.494 e. The Morgan fingerprint density at radius 1 is 1.16 bits per heavy atom. The SMILES string of the molecule is COc1ccc(CN2CCC(NC(=O)c3ccc(S(=O)(=O)C(C)C)cc3)CC2)cc1F. The molecule has 0 saturated carbocycles. The third-order valence-corrected chi connectivity index (χ3v) is 7.78. The first kappa shape index (κ1) is 23.2. The van der Waals surface area contributed by atoms with Crippen molar-refractivity contribution in [3.8, 4) is 5.75 Å². The van der Waals surface area contributed by atoms with Crippen LogP contribution in [0.5, 0.6) is 5.75 Å². The summed E-state index contributed by atoms with van der Waals surface area (Å²) in [7, 11) is -1.91. The summed E-state index contributed by atoms with van der Waals surface area (Å²) in [5.74, 6) is -0.335. The molecule has 0 unspecified atom stereocenters. The molecule has 1 aliphatic heterocycles. The van der Waals surface area contributed by atoms with E-state index in [-0.39, 0.29) is 28.4 Å². The van der Waals surface area contributed by atoms with E-state index in [0.29, 0.717) is 12.1 Å². The van der Waals surface area contributed by atoms with Gasteiger partial charge < -0.3 is 10.1 Å². The van der Waals surface area contributed by atoms with Crippen LogP contribution in [0, 0.1) is 5.82 Å². The molecule has 168 valence electrons. The number of rotatable bonds is 7. The number of amides is 1. The summed E-state index contributed by atoms with van der Waals surface area (Å²) in [4.78, 5) is 15.0. The van der Waals surface area contributed by atoms with Gasteiger partial charge in [0.1, 0.15) is 0 Å². The lowest BCUT2D eigenvalue weighted by molar-refractivity contribution is 0.0908. The second kappa shape index (κ2) is 9.78. The smallest absolute Gasteiger partial charge is 0.251 e. The Kier molecular flexibility index (Phi) is 7.33. The van der Waals surface area contributed by atoms with Crippen LogP contribution in [0.15, 0.2) is 47.4 Å². The van der Waals surface area contributed by atoms with Crippen LogP contribution in [0.2, 0.25) is 0 Å². The predicted molar refractivity (Wildman–Crippen MR) is 117 cm³/mol. The molecule has 1 aliphatic rings. The fourth-order valence-corrected chi connectivity index (χ4v) is 4.70. The Labute approximate surface area is 183 Å². The number of carbonyl (C=O) groups excluding carboxylic acids is 1. The van der Waals surface area contributed by atoms with Crippen LogP contribution < -0.4 is 10.1 Å². The van der Waals surface area contributed by atoms with Gasteiger partial charge >= 0.3 is 0 Å². The average molecular weight is 449 g/mol. The molecule has 2 aromatic carbocycles. The van der Waals surface area contributed by atoms with Crippen molar-refractivity contribution in [1.29, 1.82) is 0 Å². The fraction of sp³-hybridized carbons (Fsp3) is 0.435. The number of ether oxygens (including phenoxy) is 1. The highest BCUT2D eigenvalue weighted by molar-refractivity contribution is 7.92. The molecule has 1 fully saturated rings. The van der Waals surface area contributed by atoms with E-state index in [9.17, 15) is 17.6 Å². The topological polar surface area (TPSA) is 75.7 Å². The maximum atomic E-state index is 13.9. The van der Waals surface area contributed by atoms with Crippen molar-refractivity contribution in [3.05, 3.63) is 59.4 Å². The van der Waals surface area contributed by atoms with E-state index in [1.165, 1.54) is 25.3 Å². The molecule has 1 amide bonds. The third-order valence-electron chi connectivity index (χ3n) is 5.61. The summed E-state index contributed by atoms with van der Waals surface area (Å²) in [6.07, 6.45) is 1.59. The molecule has 1 heterocycles. The molecule has 3 rings (SSSR count). The van der Waals surface area contributed by atoms with Crippen LogP contribution in [0.1, 0.15) is 42.6 Å². The van der Waals surface area contributed by atoms with E-state index < -0.39 is 15.1 Å². The Morgan fingerprint density at radius 3 is 2.35 bits per heavy atom. The number of hydrogen-bond acceptors (Lipinski definition) is 5. The molecule has 2 aromatic rings. The van der Waals surface area contributed by atoms with Gasteiger partial charge in [0.25, 0.3) is 5.91 Å². The normalized spacial score (nSPS) is 15.8. The molecule has 0 radical (unpaired) electrons. The van der Waals surface area contributed by atoms with Crippen LogP contribution >= 0.6 is 0 Å². The van der Waals surface area contributed by atoms with Gasteiger partial charge in [0.2, 0.25) is 0 Å². The van der Waals surface area contributed by atoms with Crippen molar-refractivity contribution in [2.45, 2.75) is 49.4 Å². The van der Waals surface area contributed by atoms with E-state index in [4.69, 9.17) is 4.74 Å². The molecule has 0 atom stereocenters. The Hall–Kier alpha value is -2.45. The van der Waals surface area contributed by atoms with Crippen LogP contribution in [-0.2, 0) is 16.4 Å². The number of piperidine rings is 1. The summed E-state index contributed by atoms with van der Waals surface area (Å²) in [6, 6.07) is 11.1. The van der Waals surface area contributed by atoms with Gasteiger partial charge in [-0.3, -0.25) is 9.69 Å². The number of likely N-dealkylation sites (tertiary alicyclic amines) is 1. The van der Waals surface area contributed by atoms with Gasteiger partial charge in [-0.25, -0.2) is 12.8 Å². The summed E-state index contributed by atoms with van der Waals surface area (Å²) in [5.41, 5.74) is 1.33. The Balaban J connectivity index is 1.51. The molecule has 8 heteroatoms. The molecule has 0 bridgehead atoms. The van der Waals surface area contributed by atoms with Crippen LogP contribution in [-0.4, -0.2) is 50.7 Å². The minimum atomic E-state index is -3.35. The Morgan fingerprint density at radius 2 is 1.81 bits per heavy atom. The zero-order chi connectivity index (χ0) is 22.6. The van der Waals surface area contributed by atoms with E-state index in [0.717, 1.165) is 31.5 Å². The van der Waals surface area contributed by atoms with Crippen molar-refractivity contribution >= 4 is 15.7 Å². The minimum absolute atomic E-state index is 0.0513. The lowest BCUT2D eigenvalue weighted by Gasteiger charge is -2.32. The van der Waals surface area contributed by atoms with Gasteiger partial charge in [-0.2, -0.15) is 0 Å². The molecule has 0 aliphatic carbocycles. The first-order chi connectivity index (χ1) is 14.7. The lowest BCUT2D eigenvalue weighted by atomic mass is 10.0. The molecule has 0 spiro atoms. The average Bonchev–Trinajstić information content (AvgIpc) is 2.75. The van der Waals surface area contributed by atoms with Crippen LogP contribution in [0.4, 0.5) is 4.39 Å². The second-order valence-electron chi connectivity index (χ2n) is 8.11. The van der Waals surface area contributed by atoms with Gasteiger partial charge in [0.15, 0.2) is 21.4 Å². The van der Waals surface area contributed by atoms with Gasteiger partial charge in [0, 0.05) is 31.2 Å². The predicted octanol–water partition coefficient (Wildman–Crippen LogP) is 3.41. The van der Waals surface area contributed by atoms with Gasteiger partial charge in [-0.05, 0) is 68.7 Å². The van der Waals surface area contributed by atoms with Crippen molar-refractivity contribution < 1.29 is 22.3 Å². The molecule has 1 N–H and O–H groups in total. The van der Waals surface area contributed by atoms with E-state index in [1.54, 1.807) is 32.0 Å².